The Morgan fingerprint density at radius 3 is 2.76 bits per heavy atom. The number of thiophene rings is 1. The lowest BCUT2D eigenvalue weighted by molar-refractivity contribution is 0.495. The standard InChI is InChI=1S/C13H13BrClNS/c1-13(16,8-12-11(14)5-6-17-12)9-3-2-4-10(15)7-9/h2-7H,8,16H2,1H3. The Kier molecular flexibility index (Phi) is 3.93. The summed E-state index contributed by atoms with van der Waals surface area (Å²) in [5.41, 5.74) is 7.05. The van der Waals surface area contributed by atoms with Crippen LogP contribution in [-0.4, -0.2) is 0 Å². The summed E-state index contributed by atoms with van der Waals surface area (Å²) >= 11 is 11.3. The van der Waals surface area contributed by atoms with Crippen LogP contribution in [0.25, 0.3) is 0 Å². The number of hydrogen-bond acceptors (Lipinski definition) is 2. The summed E-state index contributed by atoms with van der Waals surface area (Å²) in [6.45, 7) is 2.03. The Balaban J connectivity index is 2.27. The van der Waals surface area contributed by atoms with E-state index < -0.39 is 5.54 Å². The second kappa shape index (κ2) is 5.11. The maximum atomic E-state index is 6.39. The van der Waals surface area contributed by atoms with Gasteiger partial charge in [-0.05, 0) is 52.0 Å². The molecule has 0 fully saturated rings. The topological polar surface area (TPSA) is 26.0 Å². The van der Waals surface area contributed by atoms with Crippen LogP contribution < -0.4 is 5.73 Å². The van der Waals surface area contributed by atoms with Gasteiger partial charge in [0.2, 0.25) is 0 Å². The van der Waals surface area contributed by atoms with E-state index in [-0.39, 0.29) is 0 Å². The van der Waals surface area contributed by atoms with E-state index in [1.165, 1.54) is 4.88 Å². The molecule has 2 rings (SSSR count). The van der Waals surface area contributed by atoms with Crippen LogP contribution in [0.2, 0.25) is 5.02 Å². The number of halogens is 2. The van der Waals surface area contributed by atoms with Crippen LogP contribution in [0.4, 0.5) is 0 Å². The van der Waals surface area contributed by atoms with E-state index in [9.17, 15) is 0 Å². The van der Waals surface area contributed by atoms with Crippen molar-refractivity contribution in [3.63, 3.8) is 0 Å². The summed E-state index contributed by atoms with van der Waals surface area (Å²) in [6.07, 6.45) is 0.797. The minimum atomic E-state index is -0.404. The minimum absolute atomic E-state index is 0.404. The van der Waals surface area contributed by atoms with E-state index in [2.05, 4.69) is 21.3 Å². The van der Waals surface area contributed by atoms with Gasteiger partial charge in [0.25, 0.3) is 0 Å². The van der Waals surface area contributed by atoms with Gasteiger partial charge >= 0.3 is 0 Å². The van der Waals surface area contributed by atoms with Crippen LogP contribution in [0, 0.1) is 0 Å². The van der Waals surface area contributed by atoms with Gasteiger partial charge in [0, 0.05) is 26.3 Å². The second-order valence-electron chi connectivity index (χ2n) is 4.30. The fraction of sp³-hybridized carbons (Fsp3) is 0.231. The first-order valence-electron chi connectivity index (χ1n) is 5.26. The van der Waals surface area contributed by atoms with Crippen LogP contribution in [0.5, 0.6) is 0 Å². The average Bonchev–Trinajstić information content (AvgIpc) is 2.64. The van der Waals surface area contributed by atoms with Crippen LogP contribution in [0.1, 0.15) is 17.4 Å². The molecule has 2 N–H and O–H groups in total. The number of nitrogens with two attached hydrogens (primary N) is 1. The molecule has 17 heavy (non-hydrogen) atoms. The maximum absolute atomic E-state index is 6.39. The molecule has 0 saturated carbocycles. The number of benzene rings is 1. The first-order chi connectivity index (χ1) is 7.99. The van der Waals surface area contributed by atoms with Gasteiger partial charge in [0.15, 0.2) is 0 Å². The molecule has 2 aromatic rings. The summed E-state index contributed by atoms with van der Waals surface area (Å²) in [5.74, 6) is 0. The first-order valence-corrected chi connectivity index (χ1v) is 7.31. The van der Waals surface area contributed by atoms with Gasteiger partial charge < -0.3 is 5.73 Å². The third-order valence-electron chi connectivity index (χ3n) is 2.70. The molecule has 0 aliphatic heterocycles. The smallest absolute Gasteiger partial charge is 0.0430 e. The van der Waals surface area contributed by atoms with Gasteiger partial charge in [-0.3, -0.25) is 0 Å². The normalized spacial score (nSPS) is 14.6. The lowest BCUT2D eigenvalue weighted by Crippen LogP contribution is -2.35. The molecule has 0 aliphatic rings. The zero-order valence-corrected chi connectivity index (χ0v) is 12.6. The number of hydrogen-bond donors (Lipinski definition) is 1. The van der Waals surface area contributed by atoms with E-state index >= 15 is 0 Å². The van der Waals surface area contributed by atoms with Crippen molar-refractivity contribution in [2.75, 3.05) is 0 Å². The molecular formula is C13H13BrClNS. The molecule has 0 saturated heterocycles. The molecule has 1 aromatic carbocycles. The highest BCUT2D eigenvalue weighted by molar-refractivity contribution is 9.10. The van der Waals surface area contributed by atoms with E-state index in [0.29, 0.717) is 0 Å². The van der Waals surface area contributed by atoms with Gasteiger partial charge in [-0.25, -0.2) is 0 Å². The monoisotopic (exact) mass is 329 g/mol. The lowest BCUT2D eigenvalue weighted by atomic mass is 9.89. The maximum Gasteiger partial charge on any atom is 0.0430 e. The van der Waals surface area contributed by atoms with Crippen LogP contribution in [-0.2, 0) is 12.0 Å². The molecule has 90 valence electrons. The zero-order chi connectivity index (χ0) is 12.5. The molecule has 0 radical (unpaired) electrons. The Labute approximate surface area is 119 Å². The highest BCUT2D eigenvalue weighted by Gasteiger charge is 2.23. The van der Waals surface area contributed by atoms with Crippen molar-refractivity contribution in [3.8, 4) is 0 Å². The lowest BCUT2D eigenvalue weighted by Gasteiger charge is -2.25. The van der Waals surface area contributed by atoms with Gasteiger partial charge in [-0.2, -0.15) is 0 Å². The van der Waals surface area contributed by atoms with Crippen molar-refractivity contribution in [2.45, 2.75) is 18.9 Å². The largest absolute Gasteiger partial charge is 0.321 e. The molecule has 0 aliphatic carbocycles. The summed E-state index contributed by atoms with van der Waals surface area (Å²) in [6, 6.07) is 9.80. The molecule has 4 heteroatoms. The van der Waals surface area contributed by atoms with Crippen molar-refractivity contribution in [2.24, 2.45) is 5.73 Å². The molecule has 0 bridgehead atoms. The molecule has 0 spiro atoms. The first kappa shape index (κ1) is 13.1. The molecule has 1 aromatic heterocycles. The van der Waals surface area contributed by atoms with Crippen LogP contribution >= 0.6 is 38.9 Å². The fourth-order valence-corrected chi connectivity index (χ4v) is 3.58. The Hall–Kier alpha value is -0.350. The third kappa shape index (κ3) is 3.10. The second-order valence-corrected chi connectivity index (χ2v) is 6.59. The Morgan fingerprint density at radius 1 is 1.41 bits per heavy atom. The van der Waals surface area contributed by atoms with Gasteiger partial charge in [0.1, 0.15) is 0 Å². The van der Waals surface area contributed by atoms with Gasteiger partial charge in [-0.1, -0.05) is 23.7 Å². The van der Waals surface area contributed by atoms with Crippen molar-refractivity contribution < 1.29 is 0 Å². The Morgan fingerprint density at radius 2 is 2.18 bits per heavy atom. The average molecular weight is 331 g/mol. The zero-order valence-electron chi connectivity index (χ0n) is 9.41. The summed E-state index contributed by atoms with van der Waals surface area (Å²) in [4.78, 5) is 1.26. The minimum Gasteiger partial charge on any atom is -0.321 e. The number of rotatable bonds is 3. The van der Waals surface area contributed by atoms with E-state index in [1.54, 1.807) is 11.3 Å². The van der Waals surface area contributed by atoms with Crippen molar-refractivity contribution in [3.05, 3.63) is 55.6 Å². The van der Waals surface area contributed by atoms with E-state index in [4.69, 9.17) is 17.3 Å². The summed E-state index contributed by atoms with van der Waals surface area (Å²) in [7, 11) is 0. The van der Waals surface area contributed by atoms with E-state index in [1.807, 2.05) is 37.3 Å². The molecule has 1 nitrogen and oxygen atoms in total. The Bertz CT molecular complexity index is 522. The predicted molar refractivity (Wildman–Crippen MR) is 78.7 cm³/mol. The predicted octanol–water partition coefficient (Wildman–Crippen LogP) is 4.58. The molecule has 1 atom stereocenters. The van der Waals surface area contributed by atoms with Crippen molar-refractivity contribution >= 4 is 38.9 Å². The van der Waals surface area contributed by atoms with Crippen LogP contribution in [0.15, 0.2) is 40.2 Å². The quantitative estimate of drug-likeness (QED) is 0.876. The van der Waals surface area contributed by atoms with Gasteiger partial charge in [-0.15, -0.1) is 11.3 Å². The molecular weight excluding hydrogens is 318 g/mol. The van der Waals surface area contributed by atoms with Crippen molar-refractivity contribution in [1.29, 1.82) is 0 Å². The van der Waals surface area contributed by atoms with Crippen LogP contribution in [0.3, 0.4) is 0 Å². The van der Waals surface area contributed by atoms with E-state index in [0.717, 1.165) is 21.5 Å². The summed E-state index contributed by atoms with van der Waals surface area (Å²) < 4.78 is 1.13. The highest BCUT2D eigenvalue weighted by Crippen LogP contribution is 2.31. The molecule has 1 heterocycles. The summed E-state index contributed by atoms with van der Waals surface area (Å²) in [5, 5.41) is 2.79. The van der Waals surface area contributed by atoms with Crippen molar-refractivity contribution in [1.82, 2.24) is 0 Å². The molecule has 1 unspecified atom stereocenters. The van der Waals surface area contributed by atoms with Gasteiger partial charge in [0.05, 0.1) is 0 Å². The SMILES string of the molecule is CC(N)(Cc1sccc1Br)c1cccc(Cl)c1. The highest BCUT2D eigenvalue weighted by atomic mass is 79.9. The third-order valence-corrected chi connectivity index (χ3v) is 4.86. The molecule has 0 amide bonds. The fourth-order valence-electron chi connectivity index (χ4n) is 1.73.